The van der Waals surface area contributed by atoms with Gasteiger partial charge in [-0.1, -0.05) is 39.0 Å². The molecule has 3 rings (SSSR count). The van der Waals surface area contributed by atoms with Crippen LogP contribution >= 0.6 is 0 Å². The number of rotatable bonds is 1. The number of fused-ring (bicyclic) bond motifs is 1. The Balaban J connectivity index is 2.29. The van der Waals surface area contributed by atoms with Crippen LogP contribution in [0, 0.1) is 0 Å². The number of benzene rings is 1. The molecule has 4 nitrogen and oxygen atoms in total. The minimum atomic E-state index is -0.175. The highest BCUT2D eigenvalue weighted by Crippen LogP contribution is 2.26. The van der Waals surface area contributed by atoms with E-state index in [1.54, 1.807) is 12.3 Å². The van der Waals surface area contributed by atoms with E-state index in [-0.39, 0.29) is 11.0 Å². The van der Waals surface area contributed by atoms with E-state index in [4.69, 9.17) is 0 Å². The fourth-order valence-electron chi connectivity index (χ4n) is 2.27. The molecule has 0 aliphatic rings. The smallest absolute Gasteiger partial charge is 0.251 e. The van der Waals surface area contributed by atoms with Crippen molar-refractivity contribution in [3.8, 4) is 11.4 Å². The average Bonchev–Trinajstić information content (AvgIpc) is 2.45. The Hall–Kier alpha value is -2.49. The molecule has 0 bridgehead atoms. The summed E-state index contributed by atoms with van der Waals surface area (Å²) in [4.78, 5) is 23.8. The summed E-state index contributed by atoms with van der Waals surface area (Å²) in [6.07, 6.45) is 1.74. The lowest BCUT2D eigenvalue weighted by Crippen LogP contribution is -2.20. The van der Waals surface area contributed by atoms with Gasteiger partial charge in [0.25, 0.3) is 5.56 Å². The van der Waals surface area contributed by atoms with Crippen LogP contribution in [0.4, 0.5) is 0 Å². The molecule has 0 spiro atoms. The number of nitrogens with zero attached hydrogens (tertiary/aromatic N) is 2. The number of pyridine rings is 1. The van der Waals surface area contributed by atoms with Crippen molar-refractivity contribution in [2.45, 2.75) is 26.2 Å². The zero-order valence-electron chi connectivity index (χ0n) is 12.3. The third-order valence-electron chi connectivity index (χ3n) is 3.41. The number of nitrogens with one attached hydrogen (secondary N) is 1. The number of para-hydroxylation sites is 1. The number of H-pyrrole nitrogens is 1. The second-order valence-corrected chi connectivity index (χ2v) is 6.10. The van der Waals surface area contributed by atoms with Gasteiger partial charge in [-0.3, -0.25) is 9.78 Å². The molecule has 3 aromatic rings. The first-order valence-electron chi connectivity index (χ1n) is 6.91. The Morgan fingerprint density at radius 2 is 1.86 bits per heavy atom. The highest BCUT2D eigenvalue weighted by molar-refractivity contribution is 5.92. The Bertz CT molecular complexity index is 854. The van der Waals surface area contributed by atoms with Gasteiger partial charge in [0.1, 0.15) is 5.82 Å². The molecule has 1 aromatic carbocycles. The monoisotopic (exact) mass is 279 g/mol. The van der Waals surface area contributed by atoms with Crippen LogP contribution in [0.5, 0.6) is 0 Å². The van der Waals surface area contributed by atoms with Gasteiger partial charge in [-0.25, -0.2) is 4.98 Å². The van der Waals surface area contributed by atoms with E-state index in [1.165, 1.54) is 0 Å². The third kappa shape index (κ3) is 2.57. The maximum atomic E-state index is 12.0. The molecule has 0 unspecified atom stereocenters. The van der Waals surface area contributed by atoms with E-state index >= 15 is 0 Å². The minimum Gasteiger partial charge on any atom is -0.306 e. The largest absolute Gasteiger partial charge is 0.306 e. The second-order valence-electron chi connectivity index (χ2n) is 6.10. The lowest BCUT2D eigenvalue weighted by atomic mass is 9.92. The Morgan fingerprint density at radius 1 is 1.10 bits per heavy atom. The molecular weight excluding hydrogens is 262 g/mol. The van der Waals surface area contributed by atoms with Crippen LogP contribution < -0.4 is 5.56 Å². The molecule has 0 aliphatic carbocycles. The van der Waals surface area contributed by atoms with Gasteiger partial charge >= 0.3 is 0 Å². The first kappa shape index (κ1) is 13.5. The summed E-state index contributed by atoms with van der Waals surface area (Å²) in [5, 5.41) is 0.981. The number of aromatic nitrogens is 3. The molecule has 21 heavy (non-hydrogen) atoms. The van der Waals surface area contributed by atoms with Crippen molar-refractivity contribution >= 4 is 10.9 Å². The topological polar surface area (TPSA) is 58.6 Å². The molecular formula is C17H17N3O. The van der Waals surface area contributed by atoms with E-state index in [2.05, 4.69) is 15.0 Å². The SMILES string of the molecule is CC(C)(C)c1cc(=O)[nH]c(-c2ccnc3ccccc23)n1. The number of aromatic amines is 1. The van der Waals surface area contributed by atoms with Crippen molar-refractivity contribution in [3.05, 3.63) is 58.6 Å². The van der Waals surface area contributed by atoms with Crippen LogP contribution in [0.2, 0.25) is 0 Å². The van der Waals surface area contributed by atoms with E-state index < -0.39 is 0 Å². The Labute approximate surface area is 122 Å². The highest BCUT2D eigenvalue weighted by Gasteiger charge is 2.18. The summed E-state index contributed by atoms with van der Waals surface area (Å²) in [7, 11) is 0. The molecule has 2 aromatic heterocycles. The highest BCUT2D eigenvalue weighted by atomic mass is 16.1. The van der Waals surface area contributed by atoms with Crippen LogP contribution in [0.3, 0.4) is 0 Å². The summed E-state index contributed by atoms with van der Waals surface area (Å²) >= 11 is 0. The summed E-state index contributed by atoms with van der Waals surface area (Å²) in [5.41, 5.74) is 2.25. The van der Waals surface area contributed by atoms with Crippen LogP contribution in [0.15, 0.2) is 47.4 Å². The van der Waals surface area contributed by atoms with E-state index in [9.17, 15) is 4.79 Å². The van der Waals surface area contributed by atoms with Gasteiger partial charge in [0.2, 0.25) is 0 Å². The van der Waals surface area contributed by atoms with Crippen molar-refractivity contribution in [1.29, 1.82) is 0 Å². The summed E-state index contributed by atoms with van der Waals surface area (Å²) in [6, 6.07) is 11.3. The van der Waals surface area contributed by atoms with Gasteiger partial charge in [-0.2, -0.15) is 0 Å². The van der Waals surface area contributed by atoms with Crippen molar-refractivity contribution in [2.24, 2.45) is 0 Å². The van der Waals surface area contributed by atoms with Crippen molar-refractivity contribution in [2.75, 3.05) is 0 Å². The molecule has 106 valence electrons. The van der Waals surface area contributed by atoms with Crippen molar-refractivity contribution in [3.63, 3.8) is 0 Å². The third-order valence-corrected chi connectivity index (χ3v) is 3.41. The van der Waals surface area contributed by atoms with Gasteiger partial charge in [-0.15, -0.1) is 0 Å². The van der Waals surface area contributed by atoms with Gasteiger partial charge in [0.05, 0.1) is 11.2 Å². The molecule has 0 radical (unpaired) electrons. The van der Waals surface area contributed by atoms with Crippen LogP contribution in [-0.4, -0.2) is 15.0 Å². The fourth-order valence-corrected chi connectivity index (χ4v) is 2.27. The summed E-state index contributed by atoms with van der Waals surface area (Å²) in [5.74, 6) is 0.589. The minimum absolute atomic E-state index is 0.134. The predicted molar refractivity (Wildman–Crippen MR) is 84.3 cm³/mol. The van der Waals surface area contributed by atoms with E-state index in [1.807, 2.05) is 51.1 Å². The Kier molecular flexibility index (Phi) is 3.09. The van der Waals surface area contributed by atoms with Gasteiger partial charge < -0.3 is 4.98 Å². The maximum Gasteiger partial charge on any atom is 0.251 e. The van der Waals surface area contributed by atoms with Crippen LogP contribution in [-0.2, 0) is 5.41 Å². The second kappa shape index (κ2) is 4.81. The van der Waals surface area contributed by atoms with Gasteiger partial charge in [-0.05, 0) is 12.1 Å². The first-order chi connectivity index (χ1) is 9.95. The lowest BCUT2D eigenvalue weighted by molar-refractivity contribution is 0.566. The predicted octanol–water partition coefficient (Wildman–Crippen LogP) is 3.28. The van der Waals surface area contributed by atoms with E-state index in [0.717, 1.165) is 22.2 Å². The van der Waals surface area contributed by atoms with Crippen molar-refractivity contribution in [1.82, 2.24) is 15.0 Å². The summed E-state index contributed by atoms with van der Waals surface area (Å²) in [6.45, 7) is 6.13. The van der Waals surface area contributed by atoms with Crippen molar-refractivity contribution < 1.29 is 0 Å². The van der Waals surface area contributed by atoms with Gasteiger partial charge in [0.15, 0.2) is 0 Å². The van der Waals surface area contributed by atoms with Gasteiger partial charge in [0, 0.05) is 28.6 Å². The number of hydrogen-bond donors (Lipinski definition) is 1. The molecule has 0 saturated carbocycles. The standard InChI is InChI=1S/C17H17N3O/c1-17(2,3)14-10-15(21)20-16(19-14)12-8-9-18-13-7-5-4-6-11(12)13/h4-10H,1-3H3,(H,19,20,21). The molecule has 0 saturated heterocycles. The molecule has 0 atom stereocenters. The normalized spacial score (nSPS) is 11.8. The fraction of sp³-hybridized carbons (Fsp3) is 0.235. The van der Waals surface area contributed by atoms with Crippen LogP contribution in [0.1, 0.15) is 26.5 Å². The summed E-state index contributed by atoms with van der Waals surface area (Å²) < 4.78 is 0. The maximum absolute atomic E-state index is 12.0. The van der Waals surface area contributed by atoms with Crippen LogP contribution in [0.25, 0.3) is 22.3 Å². The average molecular weight is 279 g/mol. The van der Waals surface area contributed by atoms with E-state index in [0.29, 0.717) is 5.82 Å². The first-order valence-corrected chi connectivity index (χ1v) is 6.91. The molecule has 1 N–H and O–H groups in total. The Morgan fingerprint density at radius 3 is 2.62 bits per heavy atom. The molecule has 0 fully saturated rings. The zero-order valence-corrected chi connectivity index (χ0v) is 12.3. The molecule has 2 heterocycles. The lowest BCUT2D eigenvalue weighted by Gasteiger charge is -2.18. The zero-order chi connectivity index (χ0) is 15.0. The quantitative estimate of drug-likeness (QED) is 0.743. The number of hydrogen-bond acceptors (Lipinski definition) is 3. The molecule has 0 aliphatic heterocycles. The molecule has 4 heteroatoms. The molecule has 0 amide bonds.